The van der Waals surface area contributed by atoms with Gasteiger partial charge in [-0.3, -0.25) is 9.59 Å². The molecule has 4 rings (SSSR count). The lowest BCUT2D eigenvalue weighted by Crippen LogP contribution is -2.19. The Kier molecular flexibility index (Phi) is 5.67. The lowest BCUT2D eigenvalue weighted by molar-refractivity contribution is 0.0691. The molecule has 2 N–H and O–H groups in total. The number of carboxylic acid groups (broad SMARTS) is 1. The zero-order chi connectivity index (χ0) is 21.8. The third-order valence-corrected chi connectivity index (χ3v) is 5.19. The Morgan fingerprint density at radius 2 is 1.90 bits per heavy atom. The highest BCUT2D eigenvalue weighted by molar-refractivity contribution is 7.07. The van der Waals surface area contributed by atoms with Gasteiger partial charge in [-0.1, -0.05) is 12.1 Å². The van der Waals surface area contributed by atoms with Crippen LogP contribution in [-0.4, -0.2) is 21.8 Å². The van der Waals surface area contributed by atoms with E-state index < -0.39 is 5.97 Å². The number of hydrogen-bond donors (Lipinski definition) is 2. The summed E-state index contributed by atoms with van der Waals surface area (Å²) in [6.45, 7) is -0.0226. The van der Waals surface area contributed by atoms with Crippen LogP contribution < -0.4 is 19.5 Å². The molecule has 0 aliphatic carbocycles. The Balaban J connectivity index is 1.49. The van der Waals surface area contributed by atoms with Crippen molar-refractivity contribution in [1.29, 1.82) is 0 Å². The van der Waals surface area contributed by atoms with Crippen molar-refractivity contribution in [2.75, 3.05) is 0 Å². The molecule has 0 unspecified atom stereocenters. The highest BCUT2D eigenvalue weighted by Gasteiger charge is 2.13. The topological polar surface area (TPSA) is 123 Å². The van der Waals surface area contributed by atoms with Crippen molar-refractivity contribution in [3.63, 3.8) is 0 Å². The van der Waals surface area contributed by atoms with Gasteiger partial charge in [0.1, 0.15) is 17.9 Å². The molecule has 0 amide bonds. The molecule has 0 saturated carbocycles. The molecule has 0 radical (unpaired) electrons. The van der Waals surface area contributed by atoms with Crippen molar-refractivity contribution in [2.45, 2.75) is 6.61 Å². The lowest BCUT2D eigenvalue weighted by atomic mass is 10.2. The molecule has 1 aromatic carbocycles. The third-order valence-electron chi connectivity index (χ3n) is 4.23. The number of rotatable bonds is 7. The summed E-state index contributed by atoms with van der Waals surface area (Å²) < 4.78 is 16.6. The van der Waals surface area contributed by atoms with E-state index in [1.165, 1.54) is 24.7 Å². The van der Waals surface area contributed by atoms with E-state index in [-0.39, 0.29) is 35.0 Å². The van der Waals surface area contributed by atoms with Crippen molar-refractivity contribution in [1.82, 2.24) is 4.98 Å². The van der Waals surface area contributed by atoms with Crippen molar-refractivity contribution < 1.29 is 28.3 Å². The fourth-order valence-corrected chi connectivity index (χ4v) is 3.62. The monoisotopic (exact) mass is 437 g/mol. The molecule has 31 heavy (non-hydrogen) atoms. The van der Waals surface area contributed by atoms with Crippen LogP contribution in [-0.2, 0) is 6.61 Å². The molecule has 156 valence electrons. The lowest BCUT2D eigenvalue weighted by Gasteiger charge is -2.05. The first kappa shape index (κ1) is 20.2. The second-order valence-corrected chi connectivity index (χ2v) is 7.42. The van der Waals surface area contributed by atoms with Gasteiger partial charge in [-0.2, -0.15) is 0 Å². The number of hydrogen-bond acceptors (Lipinski definition) is 7. The average Bonchev–Trinajstić information content (AvgIpc) is 3.49. The molecule has 4 aromatic rings. The van der Waals surface area contributed by atoms with Crippen molar-refractivity contribution in [3.8, 4) is 5.75 Å². The van der Waals surface area contributed by atoms with E-state index in [2.05, 4.69) is 4.98 Å². The van der Waals surface area contributed by atoms with E-state index in [0.29, 0.717) is 14.9 Å². The number of carboxylic acids is 1. The quantitative estimate of drug-likeness (QED) is 0.426. The van der Waals surface area contributed by atoms with Crippen LogP contribution in [0.3, 0.4) is 0 Å². The van der Waals surface area contributed by atoms with Crippen LogP contribution in [0.5, 0.6) is 5.75 Å². The first-order chi connectivity index (χ1) is 15.0. The summed E-state index contributed by atoms with van der Waals surface area (Å²) in [5.41, 5.74) is 0.510. The summed E-state index contributed by atoms with van der Waals surface area (Å²) in [7, 11) is 0. The van der Waals surface area contributed by atoms with Gasteiger partial charge in [0.05, 0.1) is 21.7 Å². The van der Waals surface area contributed by atoms with Gasteiger partial charge in [0.25, 0.3) is 5.56 Å². The maximum absolute atomic E-state index is 12.2. The largest absolute Gasteiger partial charge is 0.486 e. The van der Waals surface area contributed by atoms with E-state index in [4.69, 9.17) is 18.7 Å². The second-order valence-electron chi connectivity index (χ2n) is 6.34. The first-order valence-electron chi connectivity index (χ1n) is 9.02. The number of aromatic amines is 1. The maximum atomic E-state index is 12.2. The van der Waals surface area contributed by atoms with Crippen LogP contribution in [0.2, 0.25) is 0 Å². The standard InChI is InChI=1S/C22H15NO7S/c24-16(17-2-1-8-28-17)11-20-23-21(25)19(31-20)10-13-3-5-14(6-4-13)30-12-18-15(22(26)27)7-9-29-18/h1-11H,12H2,(H,23,25)(H,26,27)/b19-10+,20-11-. The van der Waals surface area contributed by atoms with Crippen molar-refractivity contribution in [3.05, 3.63) is 97.2 Å². The average molecular weight is 437 g/mol. The van der Waals surface area contributed by atoms with Gasteiger partial charge in [0.15, 0.2) is 11.5 Å². The van der Waals surface area contributed by atoms with Gasteiger partial charge in [0, 0.05) is 6.08 Å². The zero-order valence-electron chi connectivity index (χ0n) is 15.9. The summed E-state index contributed by atoms with van der Waals surface area (Å²) >= 11 is 1.16. The molecular weight excluding hydrogens is 422 g/mol. The SMILES string of the molecule is O=C(/C=c1/[nH]c(=O)/c(=C\c2ccc(OCc3occc3C(=O)O)cc2)s1)c1ccco1. The molecule has 9 heteroatoms. The van der Waals surface area contributed by atoms with Crippen molar-refractivity contribution >= 4 is 35.2 Å². The molecule has 8 nitrogen and oxygen atoms in total. The second kappa shape index (κ2) is 8.72. The van der Waals surface area contributed by atoms with Gasteiger partial charge in [-0.15, -0.1) is 11.3 Å². The molecule has 3 aromatic heterocycles. The number of aromatic carboxylic acids is 1. The molecule has 0 bridgehead atoms. The van der Waals surface area contributed by atoms with Crippen LogP contribution in [0.4, 0.5) is 0 Å². The Morgan fingerprint density at radius 1 is 1.10 bits per heavy atom. The molecule has 3 heterocycles. The Hall–Kier alpha value is -4.11. The summed E-state index contributed by atoms with van der Waals surface area (Å²) in [6.07, 6.45) is 5.72. The van der Waals surface area contributed by atoms with Crippen LogP contribution in [0.15, 0.2) is 68.6 Å². The normalized spacial score (nSPS) is 12.3. The number of carbonyl (C=O) groups is 2. The number of carbonyl (C=O) groups excluding carboxylic acids is 1. The fourth-order valence-electron chi connectivity index (χ4n) is 2.74. The van der Waals surface area contributed by atoms with E-state index >= 15 is 0 Å². The molecule has 0 spiro atoms. The number of thiazole rings is 1. The highest BCUT2D eigenvalue weighted by Crippen LogP contribution is 2.17. The number of nitrogens with one attached hydrogen (secondary N) is 1. The maximum Gasteiger partial charge on any atom is 0.339 e. The minimum atomic E-state index is -1.08. The molecular formula is C22H15NO7S. The summed E-state index contributed by atoms with van der Waals surface area (Å²) in [5.74, 6) is -0.483. The van der Waals surface area contributed by atoms with Gasteiger partial charge in [0.2, 0.25) is 5.78 Å². The summed E-state index contributed by atoms with van der Waals surface area (Å²) in [5, 5.41) is 9.08. The van der Waals surface area contributed by atoms with E-state index in [0.717, 1.165) is 16.9 Å². The van der Waals surface area contributed by atoms with E-state index in [1.54, 1.807) is 42.5 Å². The van der Waals surface area contributed by atoms with Gasteiger partial charge >= 0.3 is 5.97 Å². The minimum absolute atomic E-state index is 0.0226. The van der Waals surface area contributed by atoms with Gasteiger partial charge in [-0.25, -0.2) is 4.79 Å². The number of Topliss-reactive ketones (excluding diaryl/α,β-unsaturated/α-hetero) is 1. The van der Waals surface area contributed by atoms with Crippen LogP contribution in [0.1, 0.15) is 32.2 Å². The van der Waals surface area contributed by atoms with Gasteiger partial charge < -0.3 is 23.7 Å². The Bertz CT molecular complexity index is 1390. The van der Waals surface area contributed by atoms with Crippen LogP contribution >= 0.6 is 11.3 Å². The van der Waals surface area contributed by atoms with E-state index in [1.807, 2.05) is 0 Å². The number of H-pyrrole nitrogens is 1. The minimum Gasteiger partial charge on any atom is -0.486 e. The summed E-state index contributed by atoms with van der Waals surface area (Å²) in [6, 6.07) is 11.4. The number of ether oxygens (including phenoxy) is 1. The van der Waals surface area contributed by atoms with Gasteiger partial charge in [-0.05, 0) is 42.0 Å². The molecule has 0 fully saturated rings. The zero-order valence-corrected chi connectivity index (χ0v) is 16.7. The Morgan fingerprint density at radius 3 is 2.61 bits per heavy atom. The van der Waals surface area contributed by atoms with Crippen LogP contribution in [0.25, 0.3) is 12.2 Å². The van der Waals surface area contributed by atoms with Crippen LogP contribution in [0, 0.1) is 0 Å². The highest BCUT2D eigenvalue weighted by atomic mass is 32.1. The Labute approximate surface area is 178 Å². The summed E-state index contributed by atoms with van der Waals surface area (Å²) in [4.78, 5) is 38.0. The molecule has 0 atom stereocenters. The number of ketones is 1. The predicted molar refractivity (Wildman–Crippen MR) is 112 cm³/mol. The number of benzene rings is 1. The predicted octanol–water partition coefficient (Wildman–Crippen LogP) is 2.39. The molecule has 0 aliphatic rings. The van der Waals surface area contributed by atoms with E-state index in [9.17, 15) is 14.4 Å². The smallest absolute Gasteiger partial charge is 0.339 e. The number of furan rings is 2. The first-order valence-corrected chi connectivity index (χ1v) is 9.84. The number of aromatic nitrogens is 1. The molecule has 0 aliphatic heterocycles. The third kappa shape index (κ3) is 4.73. The van der Waals surface area contributed by atoms with Crippen molar-refractivity contribution in [2.24, 2.45) is 0 Å². The molecule has 0 saturated heterocycles. The fraction of sp³-hybridized carbons (Fsp3) is 0.0455.